The first-order valence-electron chi connectivity index (χ1n) is 52.9. The largest absolute Gasteiger partial charge is 0.473 e. The number of halogens is 4. The minimum absolute atomic E-state index is 0.0488. The van der Waals surface area contributed by atoms with Gasteiger partial charge in [0.2, 0.25) is 23.5 Å². The normalized spacial score (nSPS) is 15.8. The lowest BCUT2D eigenvalue weighted by Crippen LogP contribution is -2.31. The van der Waals surface area contributed by atoms with Crippen molar-refractivity contribution in [2.45, 2.75) is 81.0 Å². The molecule has 0 unspecified atom stereocenters. The monoisotopic (exact) mass is 2120 g/mol. The second-order valence-electron chi connectivity index (χ2n) is 23.8. The van der Waals surface area contributed by atoms with E-state index in [1.807, 2.05) is 4.72 Å². The minimum Gasteiger partial charge on any atom is -0.473 e. The standard InChI is InChI=1S/4C20H23BrN6O4S/c4*1-3-8-26-32(28,29)27-18-17(15-4-6-16(21)7-5-15)19(25-13-24-18)30-9-10-31-20-22-11-14(2)12-23-20/h4*4-7,11-13,26H,3,8-10H2,1-2H3,(H,24,25,27)/i3D2,4D,5D,6D,7D,8D2,9D2,13D;4D,5D,6D,7D,8D2,9D2,13D;4D,5D,6D,7D,10D2,13D;4D,5D,6D,7D,9D2,13D. The number of hydrogen-bond donors (Lipinski definition) is 8. The summed E-state index contributed by atoms with van der Waals surface area (Å²) in [6, 6.07) is -10.6. The van der Waals surface area contributed by atoms with Crippen LogP contribution in [0.25, 0.3) is 44.5 Å². The fourth-order valence-electron chi connectivity index (χ4n) is 8.50. The Morgan fingerprint density at radius 3 is 0.789 bits per heavy atom. The van der Waals surface area contributed by atoms with E-state index in [9.17, 15) is 33.7 Å². The van der Waals surface area contributed by atoms with Crippen LogP contribution in [0.15, 0.2) is 189 Å². The van der Waals surface area contributed by atoms with Crippen molar-refractivity contribution in [3.05, 3.63) is 212 Å². The zero-order valence-electron chi connectivity index (χ0n) is 101. The molecule has 8 heterocycles. The molecule has 128 heavy (non-hydrogen) atoms. The quantitative estimate of drug-likeness (QED) is 0.0176. The van der Waals surface area contributed by atoms with Crippen molar-refractivity contribution >= 4 is 128 Å². The Morgan fingerprint density at radius 2 is 0.531 bits per heavy atom. The summed E-state index contributed by atoms with van der Waals surface area (Å²) < 4.78 is 436. The number of aromatic nitrogens is 16. The van der Waals surface area contributed by atoms with Gasteiger partial charge in [0, 0.05) is 102 Å². The topological polar surface area (TPSA) is 513 Å². The molecule has 0 saturated heterocycles. The summed E-state index contributed by atoms with van der Waals surface area (Å²) in [6.07, 6.45) is 5.94. The lowest BCUT2D eigenvalue weighted by Gasteiger charge is -2.15. The lowest BCUT2D eigenvalue weighted by atomic mass is 10.1. The maximum absolute atomic E-state index is 12.9. The van der Waals surface area contributed by atoms with E-state index in [2.05, 4.69) is 162 Å². The Balaban J connectivity index is 0.000000238. The molecule has 12 aromatic rings. The highest BCUT2D eigenvalue weighted by molar-refractivity contribution is 9.11. The molecule has 8 N–H and O–H groups in total. The van der Waals surface area contributed by atoms with Crippen LogP contribution < -0.4 is 75.7 Å². The molecule has 40 nitrogen and oxygen atoms in total. The van der Waals surface area contributed by atoms with E-state index >= 15 is 0 Å². The second kappa shape index (κ2) is 51.0. The van der Waals surface area contributed by atoms with Gasteiger partial charge < -0.3 is 37.9 Å². The number of benzene rings is 4. The lowest BCUT2D eigenvalue weighted by molar-refractivity contribution is 0.202. The average Bonchev–Trinajstić information content (AvgIpc) is 0.757. The molecule has 0 aliphatic rings. The highest BCUT2D eigenvalue weighted by Gasteiger charge is 2.26. The molecule has 0 fully saturated rings. The number of aryl methyl sites for hydroxylation is 4. The van der Waals surface area contributed by atoms with Gasteiger partial charge in [0.05, 0.1) is 55.2 Å². The highest BCUT2D eigenvalue weighted by Crippen LogP contribution is 2.39. The first kappa shape index (κ1) is 62.0. The van der Waals surface area contributed by atoms with Crippen molar-refractivity contribution in [1.29, 1.82) is 0 Å². The molecule has 0 atom stereocenters. The van der Waals surface area contributed by atoms with Gasteiger partial charge in [-0.3, -0.25) is 18.9 Å². The molecule has 48 heteroatoms. The third kappa shape index (κ3) is 34.0. The molecule has 4 aromatic carbocycles. The first-order valence-corrected chi connectivity index (χ1v) is 45.0. The zero-order chi connectivity index (χ0) is 122. The van der Waals surface area contributed by atoms with Crippen LogP contribution in [-0.4, -0.2) is 192 Å². The molecule has 0 radical (unpaired) electrons. The third-order valence-corrected chi connectivity index (χ3v) is 19.3. The molecule has 12 rings (SSSR count). The first-order chi connectivity index (χ1) is 74.7. The summed E-state index contributed by atoms with van der Waals surface area (Å²) in [6.45, 7) is -7.13. The van der Waals surface area contributed by atoms with Crippen molar-refractivity contribution in [1.82, 2.24) is 98.6 Å². The number of rotatable bonds is 44. The summed E-state index contributed by atoms with van der Waals surface area (Å²) in [7, 11) is -18.4. The van der Waals surface area contributed by atoms with Crippen molar-refractivity contribution in [3.8, 4) is 92.1 Å². The van der Waals surface area contributed by atoms with Crippen molar-refractivity contribution < 1.29 is 118 Å². The maximum atomic E-state index is 12.9. The summed E-state index contributed by atoms with van der Waals surface area (Å²) in [5, 5.41) is 0. The van der Waals surface area contributed by atoms with Crippen LogP contribution in [0.1, 0.15) is 122 Å². The average molecular weight is 2130 g/mol. The molecule has 0 aliphatic carbocycles. The molecule has 680 valence electrons. The van der Waals surface area contributed by atoms with Gasteiger partial charge in [-0.25, -0.2) is 79.7 Å². The molecule has 0 aliphatic heterocycles. The van der Waals surface area contributed by atoms with Gasteiger partial charge in [0.15, 0.2) is 23.3 Å². The van der Waals surface area contributed by atoms with Crippen LogP contribution in [0.3, 0.4) is 0 Å². The molecular weight excluding hydrogens is 2000 g/mol. The van der Waals surface area contributed by atoms with Crippen molar-refractivity contribution in [2.75, 3.05) is 97.6 Å². The summed E-state index contributed by atoms with van der Waals surface area (Å²) in [4.78, 5) is 60.9. The second-order valence-corrected chi connectivity index (χ2v) is 32.8. The van der Waals surface area contributed by atoms with Gasteiger partial charge in [0.1, 0.15) is 83.4 Å². The predicted molar refractivity (Wildman–Crippen MR) is 495 cm³/mol. The fourth-order valence-corrected chi connectivity index (χ4v) is 12.7. The van der Waals surface area contributed by atoms with E-state index in [1.165, 1.54) is 61.2 Å². The van der Waals surface area contributed by atoms with Crippen LogP contribution >= 0.6 is 63.7 Å². The maximum Gasteiger partial charge on any atom is 0.316 e. The highest BCUT2D eigenvalue weighted by atomic mass is 79.9. The smallest absolute Gasteiger partial charge is 0.316 e. The van der Waals surface area contributed by atoms with E-state index in [0.29, 0.717) is 24.0 Å². The van der Waals surface area contributed by atoms with Crippen LogP contribution in [0, 0.1) is 27.7 Å². The van der Waals surface area contributed by atoms with Gasteiger partial charge >= 0.3 is 24.0 Å². The van der Waals surface area contributed by atoms with Gasteiger partial charge in [0.25, 0.3) is 40.8 Å². The van der Waals surface area contributed by atoms with Gasteiger partial charge in [-0.15, -0.1) is 0 Å². The summed E-state index contributed by atoms with van der Waals surface area (Å²) >= 11 is 11.9. The number of anilines is 4. The number of hydrogen-bond acceptors (Lipinski definition) is 32. The molecule has 0 saturated carbocycles. The number of nitrogens with zero attached hydrogens (tertiary/aromatic N) is 16. The molecule has 0 amide bonds. The van der Waals surface area contributed by atoms with Gasteiger partial charge in [-0.05, 0) is 146 Å². The Morgan fingerprint density at radius 1 is 0.297 bits per heavy atom. The third-order valence-electron chi connectivity index (χ3n) is 13.9. The fraction of sp³-hybridized carbons (Fsp3) is 0.300. The Kier molecular flexibility index (Phi) is 24.7. The van der Waals surface area contributed by atoms with E-state index in [1.54, 1.807) is 51.0 Å². The summed E-state index contributed by atoms with van der Waals surface area (Å²) in [5.41, 5.74) is -1.68. The van der Waals surface area contributed by atoms with E-state index < -0.39 is 326 Å². The molecule has 0 spiro atoms. The summed E-state index contributed by atoms with van der Waals surface area (Å²) in [5.74, 6) is -6.02. The van der Waals surface area contributed by atoms with Crippen LogP contribution in [0.2, 0.25) is 0 Å². The molecule has 8 aromatic heterocycles. The van der Waals surface area contributed by atoms with E-state index in [0.717, 1.165) is 18.1 Å². The van der Waals surface area contributed by atoms with Crippen LogP contribution in [0.4, 0.5) is 23.3 Å². The molecule has 0 bridgehead atoms. The Bertz CT molecular complexity index is 7900. The Labute approximate surface area is 822 Å². The van der Waals surface area contributed by atoms with Gasteiger partial charge in [-0.2, -0.15) is 52.6 Å². The van der Waals surface area contributed by atoms with E-state index in [-0.39, 0.29) is 61.4 Å². The zero-order valence-corrected chi connectivity index (χ0v) is 76.9. The number of nitrogens with one attached hydrogen (secondary N) is 8. The van der Waals surface area contributed by atoms with Gasteiger partial charge in [-0.1, -0.05) is 140 Å². The predicted octanol–water partition coefficient (Wildman–Crippen LogP) is 12.5. The van der Waals surface area contributed by atoms with Crippen molar-refractivity contribution in [3.63, 3.8) is 0 Å². The van der Waals surface area contributed by atoms with E-state index in [4.69, 9.17) is 84.5 Å². The SMILES string of the molecule is [2H]c1nc(NS(=O)(=O)NC([2H])([2H])C([2H])([2H])C)c(-c2c([2H])c([2H])c(Br)c([2H])c2[2H])c(OC([2H])([2H])COc2ncc(C)cn2)n1.[2H]c1nc(NS(=O)(=O)NC([2H])([2H])CC)c(-c2c([2H])c([2H])c(Br)c([2H])c2[2H])c(OC([2H])([2H])COc2ncc(C)cn2)n1.[2H]c1nc(NS(=O)(=O)NCCC)c(-c2c([2H])c([2H])c(Br)c([2H])c2[2H])c(OC([2H])([2H])COc2ncc(C)cn2)n1.[2H]c1nc(NS(=O)(=O)NCCC)c(-c2c([2H])c([2H])c(Br)c([2H])c2[2H])c(OCC([2H])([2H])Oc2ncc(C)cn2)n1. The van der Waals surface area contributed by atoms with Crippen LogP contribution in [0.5, 0.6) is 47.6 Å². The number of ether oxygens (including phenoxy) is 8. The molecular formula is C80H92Br4N24O16S4. The minimum atomic E-state index is -5.09. The van der Waals surface area contributed by atoms with Crippen LogP contribution in [-0.2, 0) is 40.8 Å². The Hall–Kier alpha value is -11.3. The van der Waals surface area contributed by atoms with Crippen molar-refractivity contribution in [2.24, 2.45) is 0 Å².